The minimum atomic E-state index is -0.566. The molecule has 2 amide bonds. The second-order valence-electron chi connectivity index (χ2n) is 7.80. The van der Waals surface area contributed by atoms with Crippen LogP contribution in [-0.2, 0) is 4.79 Å². The molecule has 0 spiro atoms. The number of anilines is 2. The Balaban J connectivity index is 1.90. The van der Waals surface area contributed by atoms with Gasteiger partial charge in [-0.25, -0.2) is 4.39 Å². The lowest BCUT2D eigenvalue weighted by molar-refractivity contribution is -0.116. The van der Waals surface area contributed by atoms with E-state index in [1.165, 1.54) is 28.8 Å². The van der Waals surface area contributed by atoms with Crippen LogP contribution in [0, 0.1) is 19.7 Å². The van der Waals surface area contributed by atoms with Crippen molar-refractivity contribution in [2.45, 2.75) is 13.8 Å². The Morgan fingerprint density at radius 2 is 1.66 bits per heavy atom. The molecule has 1 aromatic heterocycles. The topological polar surface area (TPSA) is 83.4 Å². The van der Waals surface area contributed by atoms with Crippen LogP contribution >= 0.6 is 0 Å². The molecule has 8 heteroatoms. The normalized spacial score (nSPS) is 10.8. The van der Waals surface area contributed by atoms with Crippen molar-refractivity contribution in [1.29, 1.82) is 0 Å². The molecular formula is C24H25FN4O3. The molecule has 3 aromatic rings. The van der Waals surface area contributed by atoms with Crippen LogP contribution in [0.5, 0.6) is 0 Å². The highest BCUT2D eigenvalue weighted by Gasteiger charge is 2.18. The molecule has 2 N–H and O–H groups in total. The number of hydrogen-bond donors (Lipinski definition) is 2. The largest absolute Gasteiger partial charge is 0.325 e. The fraction of sp³-hybridized carbons (Fsp3) is 0.208. The van der Waals surface area contributed by atoms with Crippen molar-refractivity contribution in [2.24, 2.45) is 0 Å². The van der Waals surface area contributed by atoms with Crippen molar-refractivity contribution in [1.82, 2.24) is 9.47 Å². The Bertz CT molecular complexity index is 1220. The van der Waals surface area contributed by atoms with E-state index in [1.807, 2.05) is 6.92 Å². The third-order valence-electron chi connectivity index (χ3n) is 4.86. The van der Waals surface area contributed by atoms with Crippen LogP contribution in [0.1, 0.15) is 21.5 Å². The summed E-state index contributed by atoms with van der Waals surface area (Å²) >= 11 is 0. The fourth-order valence-corrected chi connectivity index (χ4v) is 3.21. The summed E-state index contributed by atoms with van der Waals surface area (Å²) in [4.78, 5) is 39.9. The van der Waals surface area contributed by atoms with Crippen LogP contribution in [0.25, 0.3) is 5.69 Å². The SMILES string of the molecule is Cc1ccc(NC(=O)CN(C)C)cc1NC(=O)c1c(C)ccn(-c2ccc(F)cc2)c1=O. The molecule has 2 aromatic carbocycles. The molecule has 0 fully saturated rings. The molecular weight excluding hydrogens is 411 g/mol. The number of aryl methyl sites for hydroxylation is 2. The predicted octanol–water partition coefficient (Wildman–Crippen LogP) is 3.35. The van der Waals surface area contributed by atoms with Gasteiger partial charge in [0.15, 0.2) is 0 Å². The van der Waals surface area contributed by atoms with E-state index >= 15 is 0 Å². The standard InChI is InChI=1S/C24H25FN4O3/c1-15-5-8-18(26-21(30)14-28(3)4)13-20(15)27-23(31)22-16(2)11-12-29(24(22)32)19-9-6-17(25)7-10-19/h5-13H,14H2,1-4H3,(H,26,30)(H,27,31). The smallest absolute Gasteiger partial charge is 0.268 e. The summed E-state index contributed by atoms with van der Waals surface area (Å²) in [6.07, 6.45) is 1.55. The van der Waals surface area contributed by atoms with Crippen molar-refractivity contribution in [3.05, 3.63) is 87.6 Å². The number of amides is 2. The molecule has 3 rings (SSSR count). The number of nitrogens with zero attached hydrogens (tertiary/aromatic N) is 2. The zero-order valence-electron chi connectivity index (χ0n) is 18.4. The first kappa shape index (κ1) is 22.9. The number of benzene rings is 2. The van der Waals surface area contributed by atoms with Crippen molar-refractivity contribution in [3.63, 3.8) is 0 Å². The third kappa shape index (κ3) is 5.28. The fourth-order valence-electron chi connectivity index (χ4n) is 3.21. The van der Waals surface area contributed by atoms with Crippen molar-refractivity contribution in [2.75, 3.05) is 31.3 Å². The monoisotopic (exact) mass is 436 g/mol. The summed E-state index contributed by atoms with van der Waals surface area (Å²) in [5, 5.41) is 5.56. The molecule has 0 bridgehead atoms. The van der Waals surface area contributed by atoms with Gasteiger partial charge in [-0.05, 0) is 81.5 Å². The molecule has 0 saturated heterocycles. The highest BCUT2D eigenvalue weighted by atomic mass is 19.1. The number of aromatic nitrogens is 1. The van der Waals surface area contributed by atoms with Gasteiger partial charge >= 0.3 is 0 Å². The van der Waals surface area contributed by atoms with E-state index in [9.17, 15) is 18.8 Å². The second kappa shape index (κ2) is 9.57. The molecule has 0 unspecified atom stereocenters. The lowest BCUT2D eigenvalue weighted by atomic mass is 10.1. The maximum absolute atomic E-state index is 13.2. The predicted molar refractivity (Wildman–Crippen MR) is 123 cm³/mol. The number of pyridine rings is 1. The average Bonchev–Trinajstić information content (AvgIpc) is 2.71. The Labute approximate surface area is 185 Å². The maximum atomic E-state index is 13.2. The first-order valence-corrected chi connectivity index (χ1v) is 10.0. The zero-order chi connectivity index (χ0) is 23.4. The molecule has 166 valence electrons. The lowest BCUT2D eigenvalue weighted by Gasteiger charge is -2.14. The molecule has 0 aliphatic rings. The van der Waals surface area contributed by atoms with Gasteiger partial charge in [0.1, 0.15) is 11.4 Å². The van der Waals surface area contributed by atoms with Crippen LogP contribution < -0.4 is 16.2 Å². The van der Waals surface area contributed by atoms with Gasteiger partial charge in [0.25, 0.3) is 11.5 Å². The third-order valence-corrected chi connectivity index (χ3v) is 4.86. The van der Waals surface area contributed by atoms with Crippen molar-refractivity contribution < 1.29 is 14.0 Å². The first-order chi connectivity index (χ1) is 15.2. The van der Waals surface area contributed by atoms with E-state index in [0.29, 0.717) is 22.6 Å². The summed E-state index contributed by atoms with van der Waals surface area (Å²) < 4.78 is 14.5. The molecule has 0 aliphatic heterocycles. The van der Waals surface area contributed by atoms with Crippen LogP contribution in [-0.4, -0.2) is 41.9 Å². The van der Waals surface area contributed by atoms with Gasteiger partial charge in [-0.15, -0.1) is 0 Å². The van der Waals surface area contributed by atoms with Crippen LogP contribution in [0.3, 0.4) is 0 Å². The van der Waals surface area contributed by atoms with Crippen LogP contribution in [0.15, 0.2) is 59.5 Å². The Hall–Kier alpha value is -3.78. The quantitative estimate of drug-likeness (QED) is 0.621. The Kier molecular flexibility index (Phi) is 6.85. The van der Waals surface area contributed by atoms with E-state index in [0.717, 1.165) is 5.56 Å². The minimum Gasteiger partial charge on any atom is -0.325 e. The average molecular weight is 436 g/mol. The number of rotatable bonds is 6. The van der Waals surface area contributed by atoms with E-state index in [4.69, 9.17) is 0 Å². The minimum absolute atomic E-state index is 0.0155. The van der Waals surface area contributed by atoms with Gasteiger partial charge in [-0.3, -0.25) is 19.0 Å². The molecule has 7 nitrogen and oxygen atoms in total. The van der Waals surface area contributed by atoms with Gasteiger partial charge in [0, 0.05) is 23.3 Å². The summed E-state index contributed by atoms with van der Waals surface area (Å²) in [5.74, 6) is -1.17. The summed E-state index contributed by atoms with van der Waals surface area (Å²) in [5.41, 5.74) is 2.22. The van der Waals surface area contributed by atoms with Crippen LogP contribution in [0.2, 0.25) is 0 Å². The van der Waals surface area contributed by atoms with Gasteiger partial charge in [0.05, 0.1) is 6.54 Å². The summed E-state index contributed by atoms with van der Waals surface area (Å²) in [7, 11) is 3.59. The van der Waals surface area contributed by atoms with E-state index in [-0.39, 0.29) is 18.0 Å². The van der Waals surface area contributed by atoms with Gasteiger partial charge < -0.3 is 15.5 Å². The molecule has 1 heterocycles. The van der Waals surface area contributed by atoms with Gasteiger partial charge in [0.2, 0.25) is 5.91 Å². The number of carbonyl (C=O) groups excluding carboxylic acids is 2. The number of hydrogen-bond acceptors (Lipinski definition) is 4. The Morgan fingerprint density at radius 1 is 0.969 bits per heavy atom. The molecule has 0 radical (unpaired) electrons. The molecule has 0 aliphatic carbocycles. The summed E-state index contributed by atoms with van der Waals surface area (Å²) in [6, 6.07) is 12.3. The molecule has 32 heavy (non-hydrogen) atoms. The highest BCUT2D eigenvalue weighted by molar-refractivity contribution is 6.06. The first-order valence-electron chi connectivity index (χ1n) is 10.0. The number of nitrogens with one attached hydrogen (secondary N) is 2. The lowest BCUT2D eigenvalue weighted by Crippen LogP contribution is -2.29. The van der Waals surface area contributed by atoms with E-state index in [1.54, 1.807) is 56.4 Å². The zero-order valence-corrected chi connectivity index (χ0v) is 18.4. The van der Waals surface area contributed by atoms with E-state index in [2.05, 4.69) is 10.6 Å². The van der Waals surface area contributed by atoms with Crippen molar-refractivity contribution >= 4 is 23.2 Å². The summed E-state index contributed by atoms with van der Waals surface area (Å²) in [6.45, 7) is 3.72. The Morgan fingerprint density at radius 3 is 2.31 bits per heavy atom. The molecule has 0 saturated carbocycles. The number of carbonyl (C=O) groups is 2. The number of likely N-dealkylation sites (N-methyl/N-ethyl adjacent to an activating group) is 1. The van der Waals surface area contributed by atoms with Crippen LogP contribution in [0.4, 0.5) is 15.8 Å². The number of halogens is 1. The van der Waals surface area contributed by atoms with Crippen molar-refractivity contribution in [3.8, 4) is 5.69 Å². The molecule has 0 atom stereocenters. The van der Waals surface area contributed by atoms with E-state index < -0.39 is 17.3 Å². The van der Waals surface area contributed by atoms with Gasteiger partial charge in [-0.2, -0.15) is 0 Å². The maximum Gasteiger partial charge on any atom is 0.268 e. The van der Waals surface area contributed by atoms with Gasteiger partial charge in [-0.1, -0.05) is 6.07 Å². The second-order valence-corrected chi connectivity index (χ2v) is 7.80. The highest BCUT2D eigenvalue weighted by Crippen LogP contribution is 2.21.